The first-order valence-corrected chi connectivity index (χ1v) is 15.8. The Hall–Kier alpha value is -3.33. The number of carbonyl (C=O) groups is 5. The quantitative estimate of drug-likeness (QED) is 0.153. The third kappa shape index (κ3) is 5.37. The number of ether oxygens (including phenoxy) is 4. The van der Waals surface area contributed by atoms with E-state index in [1.165, 1.54) is 6.08 Å². The fraction of sp³-hybridized carbons (Fsp3) is 0.727. The molecule has 0 aromatic rings. The van der Waals surface area contributed by atoms with Gasteiger partial charge in [-0.15, -0.1) is 0 Å². The summed E-state index contributed by atoms with van der Waals surface area (Å²) in [6.07, 6.45) is -4.75. The maximum atomic E-state index is 13.5. The number of rotatable bonds is 6. The third-order valence-corrected chi connectivity index (χ3v) is 11.3. The number of hydrogen-bond acceptors (Lipinski definition) is 13. The molecule has 47 heavy (non-hydrogen) atoms. The second-order valence-electron chi connectivity index (χ2n) is 14.4. The van der Waals surface area contributed by atoms with Crippen molar-refractivity contribution in [1.82, 2.24) is 0 Å². The Bertz CT molecular complexity index is 1400. The number of ketones is 1. The van der Waals surface area contributed by atoms with E-state index in [0.29, 0.717) is 11.1 Å². The summed E-state index contributed by atoms with van der Waals surface area (Å²) < 4.78 is 22.7. The Morgan fingerprint density at radius 1 is 1.11 bits per heavy atom. The van der Waals surface area contributed by atoms with Gasteiger partial charge in [-0.2, -0.15) is 0 Å². The second-order valence-corrected chi connectivity index (χ2v) is 14.4. The summed E-state index contributed by atoms with van der Waals surface area (Å²) in [5.41, 5.74) is 1.73. The number of aliphatic carboxylic acids is 1. The van der Waals surface area contributed by atoms with Gasteiger partial charge in [-0.25, -0.2) is 14.4 Å². The Kier molecular flexibility index (Phi) is 9.79. The SMILES string of the molecule is CC(C)[C@H](N)C(=O)O.COC(=O)[C@]12OC[C@]34[C@H]([C@@H](O)[C@@H]1O)[C@@]1(C)CC(=O)C(O)=C(C)[C@@H]1C[C@H]3OC(=O)[C@H](OC(=O)/C=C(\C)C(C)C)[C@@H]24. The molecule has 3 aliphatic carbocycles. The molecule has 2 aliphatic heterocycles. The highest BCUT2D eigenvalue weighted by molar-refractivity contribution is 5.95. The van der Waals surface area contributed by atoms with E-state index in [0.717, 1.165) is 7.11 Å². The molecule has 2 bridgehead atoms. The minimum Gasteiger partial charge on any atom is -0.504 e. The van der Waals surface area contributed by atoms with E-state index in [1.807, 2.05) is 13.8 Å². The van der Waals surface area contributed by atoms with E-state index in [9.17, 15) is 39.3 Å². The van der Waals surface area contributed by atoms with Gasteiger partial charge in [-0.05, 0) is 49.0 Å². The number of nitrogens with two attached hydrogens (primary N) is 1. The Morgan fingerprint density at radius 2 is 1.72 bits per heavy atom. The van der Waals surface area contributed by atoms with Gasteiger partial charge in [0.25, 0.3) is 0 Å². The van der Waals surface area contributed by atoms with E-state index in [1.54, 1.807) is 34.6 Å². The molecule has 0 amide bonds. The van der Waals surface area contributed by atoms with Crippen LogP contribution in [0, 0.1) is 40.4 Å². The van der Waals surface area contributed by atoms with Crippen molar-refractivity contribution in [3.8, 4) is 0 Å². The lowest BCUT2D eigenvalue weighted by molar-refractivity contribution is -0.290. The zero-order chi connectivity index (χ0) is 35.5. The highest BCUT2D eigenvalue weighted by atomic mass is 16.6. The molecule has 0 radical (unpaired) electrons. The van der Waals surface area contributed by atoms with Gasteiger partial charge in [0, 0.05) is 23.8 Å². The average molecular weight is 666 g/mol. The molecule has 2 heterocycles. The lowest BCUT2D eigenvalue weighted by Crippen LogP contribution is -2.79. The van der Waals surface area contributed by atoms with Crippen LogP contribution in [0.5, 0.6) is 0 Å². The molecule has 11 atom stereocenters. The van der Waals surface area contributed by atoms with Crippen LogP contribution in [0.25, 0.3) is 0 Å². The fourth-order valence-electron chi connectivity index (χ4n) is 8.65. The van der Waals surface area contributed by atoms with Gasteiger partial charge in [0.1, 0.15) is 18.2 Å². The number of carboxylic acids is 1. The van der Waals surface area contributed by atoms with Crippen LogP contribution >= 0.6 is 0 Å². The van der Waals surface area contributed by atoms with Gasteiger partial charge >= 0.3 is 23.9 Å². The van der Waals surface area contributed by atoms with Gasteiger partial charge in [0.15, 0.2) is 11.5 Å². The molecule has 6 N–H and O–H groups in total. The van der Waals surface area contributed by atoms with Crippen LogP contribution in [0.3, 0.4) is 0 Å². The van der Waals surface area contributed by atoms with Crippen molar-refractivity contribution in [1.29, 1.82) is 0 Å². The number of methoxy groups -OCH3 is 1. The number of fused-ring (bicyclic) bond motifs is 2. The van der Waals surface area contributed by atoms with Crippen molar-refractivity contribution in [2.45, 2.75) is 97.4 Å². The molecule has 0 unspecified atom stereocenters. The van der Waals surface area contributed by atoms with Crippen LogP contribution in [0.2, 0.25) is 0 Å². The van der Waals surface area contributed by atoms with Crippen LogP contribution < -0.4 is 5.73 Å². The topological polar surface area (TPSA) is 229 Å². The zero-order valence-electron chi connectivity index (χ0n) is 28.0. The Morgan fingerprint density at radius 3 is 2.23 bits per heavy atom. The summed E-state index contributed by atoms with van der Waals surface area (Å²) in [4.78, 5) is 62.8. The first-order valence-electron chi connectivity index (χ1n) is 15.8. The van der Waals surface area contributed by atoms with Crippen molar-refractivity contribution in [3.05, 3.63) is 23.0 Å². The number of allylic oxidation sites excluding steroid dienone is 3. The van der Waals surface area contributed by atoms with Crippen molar-refractivity contribution in [2.24, 2.45) is 46.2 Å². The number of esters is 3. The molecular formula is C33H47NO13. The first kappa shape index (κ1) is 36.5. The number of hydrogen-bond donors (Lipinski definition) is 5. The van der Waals surface area contributed by atoms with Crippen molar-refractivity contribution < 1.29 is 63.3 Å². The molecule has 5 aliphatic rings. The highest BCUT2D eigenvalue weighted by Gasteiger charge is 2.85. The molecule has 5 rings (SSSR count). The predicted molar refractivity (Wildman–Crippen MR) is 162 cm³/mol. The molecule has 0 aromatic heterocycles. The van der Waals surface area contributed by atoms with Gasteiger partial charge in [-0.1, -0.05) is 40.2 Å². The fourth-order valence-corrected chi connectivity index (χ4v) is 8.65. The molecule has 14 nitrogen and oxygen atoms in total. The van der Waals surface area contributed by atoms with Crippen molar-refractivity contribution in [3.63, 3.8) is 0 Å². The maximum absolute atomic E-state index is 13.5. The van der Waals surface area contributed by atoms with E-state index in [4.69, 9.17) is 29.8 Å². The molecule has 2 saturated carbocycles. The van der Waals surface area contributed by atoms with Crippen LogP contribution in [0.1, 0.15) is 61.3 Å². The van der Waals surface area contributed by atoms with E-state index in [-0.39, 0.29) is 37.0 Å². The smallest absolute Gasteiger partial charge is 0.348 e. The molecule has 2 saturated heterocycles. The van der Waals surface area contributed by atoms with Gasteiger partial charge in [0.2, 0.25) is 11.7 Å². The normalized spacial score (nSPS) is 39.7. The predicted octanol–water partition coefficient (Wildman–Crippen LogP) is 1.21. The second kappa shape index (κ2) is 12.6. The lowest BCUT2D eigenvalue weighted by Gasteiger charge is -2.67. The molecule has 14 heteroatoms. The Balaban J connectivity index is 0.000000555. The zero-order valence-corrected chi connectivity index (χ0v) is 28.0. The summed E-state index contributed by atoms with van der Waals surface area (Å²) in [5.74, 6) is -7.17. The summed E-state index contributed by atoms with van der Waals surface area (Å²) in [5, 5.41) is 42.0. The van der Waals surface area contributed by atoms with Gasteiger partial charge < -0.3 is 45.1 Å². The monoisotopic (exact) mass is 665 g/mol. The van der Waals surface area contributed by atoms with E-state index in [2.05, 4.69) is 0 Å². The molecule has 4 fully saturated rings. The van der Waals surface area contributed by atoms with Crippen LogP contribution in [0.4, 0.5) is 0 Å². The molecular weight excluding hydrogens is 618 g/mol. The summed E-state index contributed by atoms with van der Waals surface area (Å²) in [6, 6.07) is -0.713. The van der Waals surface area contributed by atoms with E-state index >= 15 is 0 Å². The lowest BCUT2D eigenvalue weighted by atomic mass is 9.38. The third-order valence-electron chi connectivity index (χ3n) is 11.3. The van der Waals surface area contributed by atoms with Crippen molar-refractivity contribution in [2.75, 3.05) is 13.7 Å². The van der Waals surface area contributed by atoms with Crippen LogP contribution in [0.15, 0.2) is 23.0 Å². The summed E-state index contributed by atoms with van der Waals surface area (Å²) in [6.45, 7) is 12.3. The maximum Gasteiger partial charge on any atom is 0.348 e. The Labute approximate surface area is 273 Å². The van der Waals surface area contributed by atoms with Crippen LogP contribution in [-0.4, -0.2) is 99.9 Å². The molecule has 262 valence electrons. The number of aliphatic hydroxyl groups excluding tert-OH is 3. The first-order chi connectivity index (χ1) is 21.7. The summed E-state index contributed by atoms with van der Waals surface area (Å²) in [7, 11) is 1.10. The van der Waals surface area contributed by atoms with Crippen LogP contribution in [-0.2, 0) is 42.9 Å². The van der Waals surface area contributed by atoms with Crippen molar-refractivity contribution >= 4 is 29.7 Å². The van der Waals surface area contributed by atoms with Gasteiger partial charge in [0.05, 0.1) is 25.7 Å². The van der Waals surface area contributed by atoms with Gasteiger partial charge in [-0.3, -0.25) is 9.59 Å². The number of Topliss-reactive ketones (excluding diaryl/α,β-unsaturated/α-hetero) is 1. The molecule has 1 spiro atoms. The minimum absolute atomic E-state index is 0.0208. The number of carbonyl (C=O) groups excluding carboxylic acids is 4. The molecule has 0 aromatic carbocycles. The highest BCUT2D eigenvalue weighted by Crippen LogP contribution is 2.72. The standard InChI is InChI=1S/C28H36O11.C5H11NO2/c1-11(2)12(3)7-17(30)39-20-22-27-10-37-28(22,25(35)36-6)23(33)19(32)21(27)26(5)9-15(29)18(31)13(4)14(26)8-16(27)38-24(20)34;1-3(2)4(6)5(7)8/h7,11,14,16,19-23,31-33H,8-10H2,1-6H3;3-4H,6H2,1-2H3,(H,7,8)/b12-7+;/t14-,16+,19+,20+,21+,22+,23-,26-,27+,28+;4-/m00/s1. The average Bonchev–Trinajstić information content (AvgIpc) is 3.30. The summed E-state index contributed by atoms with van der Waals surface area (Å²) >= 11 is 0. The largest absolute Gasteiger partial charge is 0.504 e. The minimum atomic E-state index is -2.22. The number of carboxylic acid groups (broad SMARTS) is 1. The van der Waals surface area contributed by atoms with E-state index < -0.39 is 94.3 Å². The number of aliphatic hydroxyl groups is 3.